The fraction of sp³-hybridized carbons (Fsp3) is 0.600. The third-order valence-corrected chi connectivity index (χ3v) is 3.29. The van der Waals surface area contributed by atoms with Crippen LogP contribution in [0.3, 0.4) is 0 Å². The van der Waals surface area contributed by atoms with Gasteiger partial charge in [0.15, 0.2) is 0 Å². The molecule has 0 radical (unpaired) electrons. The first kappa shape index (κ1) is 28.9. The molecule has 0 saturated carbocycles. The lowest BCUT2D eigenvalue weighted by molar-refractivity contribution is -0.149. The van der Waals surface area contributed by atoms with Crippen molar-refractivity contribution in [3.8, 4) is 0 Å². The van der Waals surface area contributed by atoms with Crippen LogP contribution in [-0.4, -0.2) is 89.7 Å². The lowest BCUT2D eigenvalue weighted by Crippen LogP contribution is -2.36. The highest BCUT2D eigenvalue weighted by atomic mass is 16.6. The van der Waals surface area contributed by atoms with Gasteiger partial charge in [0.25, 0.3) is 0 Å². The third-order valence-electron chi connectivity index (χ3n) is 3.29. The summed E-state index contributed by atoms with van der Waals surface area (Å²) in [6.07, 6.45) is 1.68. The fourth-order valence-corrected chi connectivity index (χ4v) is 1.91. The zero-order chi connectivity index (χ0) is 23.9. The summed E-state index contributed by atoms with van der Waals surface area (Å²) in [5.74, 6) is -2.50. The van der Waals surface area contributed by atoms with Gasteiger partial charge in [-0.1, -0.05) is 13.2 Å². The molecule has 12 nitrogen and oxygen atoms in total. The monoisotopic (exact) mass is 460 g/mol. The lowest BCUT2D eigenvalue weighted by atomic mass is 10.4. The second-order valence-electron chi connectivity index (χ2n) is 5.79. The largest absolute Gasteiger partial charge is 0.499 e. The van der Waals surface area contributed by atoms with Gasteiger partial charge in [-0.2, -0.15) is 0 Å². The van der Waals surface area contributed by atoms with E-state index in [1.165, 1.54) is 12.5 Å². The van der Waals surface area contributed by atoms with Crippen LogP contribution in [0.4, 0.5) is 0 Å². The minimum absolute atomic E-state index is 0.0161. The van der Waals surface area contributed by atoms with Crippen molar-refractivity contribution in [3.63, 3.8) is 0 Å². The SMILES string of the molecule is C=COCCOCCOC(=O)CC(=O)NCCNC(=O)CC(=O)OCCOCCOC=C. The Hall–Kier alpha value is -3.12. The van der Waals surface area contributed by atoms with Gasteiger partial charge in [0, 0.05) is 13.1 Å². The minimum Gasteiger partial charge on any atom is -0.499 e. The summed E-state index contributed by atoms with van der Waals surface area (Å²) in [6.45, 7) is 8.67. The Labute approximate surface area is 187 Å². The van der Waals surface area contributed by atoms with Crippen LogP contribution in [-0.2, 0) is 47.6 Å². The zero-order valence-electron chi connectivity index (χ0n) is 18.1. The van der Waals surface area contributed by atoms with Gasteiger partial charge in [0.05, 0.1) is 39.0 Å². The van der Waals surface area contributed by atoms with Gasteiger partial charge in [-0.3, -0.25) is 19.2 Å². The van der Waals surface area contributed by atoms with Gasteiger partial charge < -0.3 is 39.1 Å². The van der Waals surface area contributed by atoms with Crippen molar-refractivity contribution < 1.29 is 47.6 Å². The first-order valence-corrected chi connectivity index (χ1v) is 9.94. The van der Waals surface area contributed by atoms with Crippen LogP contribution >= 0.6 is 0 Å². The van der Waals surface area contributed by atoms with E-state index in [1.54, 1.807) is 0 Å². The molecule has 32 heavy (non-hydrogen) atoms. The van der Waals surface area contributed by atoms with Crippen LogP contribution < -0.4 is 10.6 Å². The van der Waals surface area contributed by atoms with E-state index in [0.29, 0.717) is 26.4 Å². The highest BCUT2D eigenvalue weighted by Gasteiger charge is 2.12. The Kier molecular flexibility index (Phi) is 19.1. The first-order valence-electron chi connectivity index (χ1n) is 9.94. The Morgan fingerprint density at radius 1 is 0.594 bits per heavy atom. The van der Waals surface area contributed by atoms with Crippen molar-refractivity contribution >= 4 is 23.8 Å². The molecular weight excluding hydrogens is 428 g/mol. The number of hydrogen-bond donors (Lipinski definition) is 2. The van der Waals surface area contributed by atoms with Crippen LogP contribution in [0.1, 0.15) is 12.8 Å². The molecule has 2 amide bonds. The molecule has 0 bridgehead atoms. The number of ether oxygens (including phenoxy) is 6. The number of carbonyl (C=O) groups excluding carboxylic acids is 4. The van der Waals surface area contributed by atoms with E-state index in [0.717, 1.165) is 0 Å². The van der Waals surface area contributed by atoms with Gasteiger partial charge >= 0.3 is 11.9 Å². The van der Waals surface area contributed by atoms with E-state index in [-0.39, 0.29) is 39.5 Å². The summed E-state index contributed by atoms with van der Waals surface area (Å²) in [5, 5.41) is 4.90. The predicted octanol–water partition coefficient (Wildman–Crippen LogP) is -0.561. The Morgan fingerprint density at radius 3 is 1.34 bits per heavy atom. The topological polar surface area (TPSA) is 148 Å². The molecule has 0 spiro atoms. The molecule has 0 aliphatic rings. The number of carbonyl (C=O) groups is 4. The van der Waals surface area contributed by atoms with E-state index in [9.17, 15) is 19.2 Å². The van der Waals surface area contributed by atoms with Crippen LogP contribution in [0.2, 0.25) is 0 Å². The molecule has 182 valence electrons. The minimum atomic E-state index is -0.697. The molecule has 0 aliphatic carbocycles. The molecule has 0 heterocycles. The highest BCUT2D eigenvalue weighted by molar-refractivity contribution is 5.95. The normalized spacial score (nSPS) is 9.88. The van der Waals surface area contributed by atoms with E-state index in [4.69, 9.17) is 28.4 Å². The van der Waals surface area contributed by atoms with Gasteiger partial charge in [-0.15, -0.1) is 0 Å². The van der Waals surface area contributed by atoms with E-state index in [2.05, 4.69) is 23.8 Å². The summed E-state index contributed by atoms with van der Waals surface area (Å²) in [7, 11) is 0. The van der Waals surface area contributed by atoms with E-state index >= 15 is 0 Å². The van der Waals surface area contributed by atoms with Crippen LogP contribution in [0.5, 0.6) is 0 Å². The van der Waals surface area contributed by atoms with Crippen LogP contribution in [0, 0.1) is 0 Å². The molecule has 0 fully saturated rings. The van der Waals surface area contributed by atoms with E-state index < -0.39 is 36.6 Å². The van der Waals surface area contributed by atoms with E-state index in [1.807, 2.05) is 0 Å². The van der Waals surface area contributed by atoms with Crippen molar-refractivity contribution in [3.05, 3.63) is 25.7 Å². The molecule has 12 heteroatoms. The average Bonchev–Trinajstić information content (AvgIpc) is 2.75. The van der Waals surface area contributed by atoms with Gasteiger partial charge in [0.2, 0.25) is 11.8 Å². The predicted molar refractivity (Wildman–Crippen MR) is 111 cm³/mol. The number of nitrogens with one attached hydrogen (secondary N) is 2. The number of hydrogen-bond acceptors (Lipinski definition) is 10. The standard InChI is InChI=1S/C20H32N2O10/c1-3-27-7-9-29-11-13-31-19(25)15-17(23)21-5-6-22-18(24)16-20(26)32-14-12-30-10-8-28-4-2/h3-4H,1-2,5-16H2,(H,21,23)(H,22,24). The van der Waals surface area contributed by atoms with Crippen molar-refractivity contribution in [1.82, 2.24) is 10.6 Å². The zero-order valence-corrected chi connectivity index (χ0v) is 18.1. The molecule has 0 aromatic carbocycles. The second-order valence-corrected chi connectivity index (χ2v) is 5.79. The number of rotatable bonds is 21. The molecule has 0 aromatic rings. The number of amides is 2. The second kappa shape index (κ2) is 21.1. The molecule has 0 unspecified atom stereocenters. The first-order chi connectivity index (χ1) is 15.5. The maximum atomic E-state index is 11.6. The Bertz CT molecular complexity index is 533. The maximum Gasteiger partial charge on any atom is 0.315 e. The van der Waals surface area contributed by atoms with Crippen molar-refractivity contribution in [2.75, 3.05) is 65.9 Å². The number of esters is 2. The summed E-state index contributed by atoms with van der Waals surface area (Å²) in [4.78, 5) is 46.3. The maximum absolute atomic E-state index is 11.6. The molecule has 0 rings (SSSR count). The van der Waals surface area contributed by atoms with Crippen molar-refractivity contribution in [1.29, 1.82) is 0 Å². The summed E-state index contributed by atoms with van der Waals surface area (Å²) >= 11 is 0. The van der Waals surface area contributed by atoms with Crippen molar-refractivity contribution in [2.24, 2.45) is 0 Å². The van der Waals surface area contributed by atoms with Gasteiger partial charge in [-0.25, -0.2) is 0 Å². The van der Waals surface area contributed by atoms with Crippen LogP contribution in [0.15, 0.2) is 25.7 Å². The van der Waals surface area contributed by atoms with Crippen molar-refractivity contribution in [2.45, 2.75) is 12.8 Å². The fourth-order valence-electron chi connectivity index (χ4n) is 1.91. The summed E-state index contributed by atoms with van der Waals surface area (Å²) in [5.41, 5.74) is 0. The quantitative estimate of drug-likeness (QED) is 0.0988. The highest BCUT2D eigenvalue weighted by Crippen LogP contribution is 1.90. The molecule has 0 aromatic heterocycles. The molecule has 2 N–H and O–H groups in total. The Morgan fingerprint density at radius 2 is 0.969 bits per heavy atom. The third kappa shape index (κ3) is 20.2. The molecular formula is C20H32N2O10. The lowest BCUT2D eigenvalue weighted by Gasteiger charge is -2.08. The molecule has 0 atom stereocenters. The average molecular weight is 460 g/mol. The Balaban J connectivity index is 3.61. The van der Waals surface area contributed by atoms with Gasteiger partial charge in [-0.05, 0) is 0 Å². The summed E-state index contributed by atoms with van der Waals surface area (Å²) < 4.78 is 29.6. The summed E-state index contributed by atoms with van der Waals surface area (Å²) in [6, 6.07) is 0. The molecule has 0 aliphatic heterocycles. The van der Waals surface area contributed by atoms with Crippen LogP contribution in [0.25, 0.3) is 0 Å². The smallest absolute Gasteiger partial charge is 0.315 e. The van der Waals surface area contributed by atoms with Gasteiger partial charge in [0.1, 0.15) is 39.3 Å². The molecule has 0 saturated heterocycles.